The molecule has 0 spiro atoms. The van der Waals surface area contributed by atoms with E-state index in [1.165, 1.54) is 0 Å². The number of carbonyl (C=O) groups excluding carboxylic acids is 1. The SMILES string of the molecule is C[C@H](O[C@H]1OC(=O)[C@H]2[C@@H]1C2(C)C)c1cccc(Oc2ccccc2)c1. The van der Waals surface area contributed by atoms with E-state index in [1.807, 2.05) is 61.5 Å². The third-order valence-corrected chi connectivity index (χ3v) is 5.33. The van der Waals surface area contributed by atoms with Crippen LogP contribution < -0.4 is 4.74 Å². The molecule has 2 aliphatic rings. The average molecular weight is 338 g/mol. The summed E-state index contributed by atoms with van der Waals surface area (Å²) >= 11 is 0. The monoisotopic (exact) mass is 338 g/mol. The van der Waals surface area contributed by atoms with E-state index in [9.17, 15) is 4.79 Å². The smallest absolute Gasteiger partial charge is 0.312 e. The van der Waals surface area contributed by atoms with Crippen molar-refractivity contribution in [2.24, 2.45) is 17.3 Å². The van der Waals surface area contributed by atoms with Gasteiger partial charge < -0.3 is 14.2 Å². The molecule has 1 saturated carbocycles. The van der Waals surface area contributed by atoms with E-state index in [0.29, 0.717) is 0 Å². The second-order valence-corrected chi connectivity index (χ2v) is 7.40. The van der Waals surface area contributed by atoms with Crippen molar-refractivity contribution in [1.29, 1.82) is 0 Å². The summed E-state index contributed by atoms with van der Waals surface area (Å²) in [6.45, 7) is 6.16. The van der Waals surface area contributed by atoms with Crippen molar-refractivity contribution >= 4 is 5.97 Å². The van der Waals surface area contributed by atoms with Gasteiger partial charge in [0, 0.05) is 5.92 Å². The second-order valence-electron chi connectivity index (χ2n) is 7.40. The van der Waals surface area contributed by atoms with Gasteiger partial charge in [0.1, 0.15) is 11.5 Å². The number of carbonyl (C=O) groups is 1. The highest BCUT2D eigenvalue weighted by molar-refractivity contribution is 5.80. The van der Waals surface area contributed by atoms with E-state index in [1.54, 1.807) is 0 Å². The topological polar surface area (TPSA) is 44.8 Å². The van der Waals surface area contributed by atoms with Gasteiger partial charge in [-0.05, 0) is 42.2 Å². The Morgan fingerprint density at radius 1 is 1.04 bits per heavy atom. The number of para-hydroxylation sites is 1. The van der Waals surface area contributed by atoms with Crippen LogP contribution in [0.3, 0.4) is 0 Å². The highest BCUT2D eigenvalue weighted by Gasteiger charge is 2.72. The average Bonchev–Trinajstić information content (AvgIpc) is 2.99. The van der Waals surface area contributed by atoms with Crippen LogP contribution in [-0.4, -0.2) is 12.3 Å². The van der Waals surface area contributed by atoms with Crippen LogP contribution in [0.1, 0.15) is 32.4 Å². The molecular formula is C21H22O4. The summed E-state index contributed by atoms with van der Waals surface area (Å²) in [5.74, 6) is 1.56. The first-order valence-electron chi connectivity index (χ1n) is 8.65. The fourth-order valence-electron chi connectivity index (χ4n) is 3.74. The highest BCUT2D eigenvalue weighted by Crippen LogP contribution is 2.65. The minimum atomic E-state index is -0.457. The molecule has 4 heteroatoms. The third-order valence-electron chi connectivity index (χ3n) is 5.33. The molecule has 1 aliphatic heterocycles. The van der Waals surface area contributed by atoms with E-state index < -0.39 is 6.29 Å². The van der Waals surface area contributed by atoms with Gasteiger partial charge in [0.05, 0.1) is 12.0 Å². The van der Waals surface area contributed by atoms with Crippen molar-refractivity contribution in [3.05, 3.63) is 60.2 Å². The van der Waals surface area contributed by atoms with Crippen LogP contribution in [0.15, 0.2) is 54.6 Å². The summed E-state index contributed by atoms with van der Waals surface area (Å²) < 4.78 is 17.3. The van der Waals surface area contributed by atoms with E-state index in [0.717, 1.165) is 17.1 Å². The summed E-state index contributed by atoms with van der Waals surface area (Å²) in [6, 6.07) is 17.5. The molecule has 4 nitrogen and oxygen atoms in total. The van der Waals surface area contributed by atoms with Crippen LogP contribution in [-0.2, 0) is 14.3 Å². The number of fused-ring (bicyclic) bond motifs is 1. The van der Waals surface area contributed by atoms with Crippen LogP contribution in [0.5, 0.6) is 11.5 Å². The highest BCUT2D eigenvalue weighted by atomic mass is 16.7. The molecule has 4 rings (SSSR count). The molecule has 4 atom stereocenters. The van der Waals surface area contributed by atoms with Gasteiger partial charge in [-0.25, -0.2) is 0 Å². The van der Waals surface area contributed by atoms with Gasteiger partial charge >= 0.3 is 5.97 Å². The van der Waals surface area contributed by atoms with Crippen LogP contribution in [0, 0.1) is 17.3 Å². The van der Waals surface area contributed by atoms with Crippen molar-refractivity contribution < 1.29 is 19.0 Å². The minimum absolute atomic E-state index is 0.0159. The molecule has 0 amide bonds. The molecule has 0 radical (unpaired) electrons. The number of ether oxygens (including phenoxy) is 3. The van der Waals surface area contributed by atoms with Crippen molar-refractivity contribution in [3.63, 3.8) is 0 Å². The lowest BCUT2D eigenvalue weighted by Gasteiger charge is -2.22. The quantitative estimate of drug-likeness (QED) is 0.741. The molecule has 1 saturated heterocycles. The summed E-state index contributed by atoms with van der Waals surface area (Å²) in [5, 5.41) is 0. The third kappa shape index (κ3) is 2.91. The predicted octanol–water partition coefficient (Wildman–Crippen LogP) is 4.71. The standard InChI is InChI=1S/C21H22O4/c1-13(23-20-18-17(19(22)25-20)21(18,2)3)14-8-7-11-16(12-14)24-15-9-5-4-6-10-15/h4-13,17-18,20H,1-3H3/t13-,17+,18-,20-/m0/s1. The molecule has 2 aromatic rings. The summed E-state index contributed by atoms with van der Waals surface area (Å²) in [4.78, 5) is 11.9. The number of esters is 1. The van der Waals surface area contributed by atoms with Gasteiger partial charge in [0.25, 0.3) is 0 Å². The fraction of sp³-hybridized carbons (Fsp3) is 0.381. The number of cyclic esters (lactones) is 1. The lowest BCUT2D eigenvalue weighted by molar-refractivity contribution is -0.186. The Morgan fingerprint density at radius 2 is 1.76 bits per heavy atom. The zero-order valence-corrected chi connectivity index (χ0v) is 14.6. The molecule has 130 valence electrons. The maximum Gasteiger partial charge on any atom is 0.312 e. The number of benzene rings is 2. The first-order chi connectivity index (χ1) is 12.0. The van der Waals surface area contributed by atoms with Gasteiger partial charge in [-0.15, -0.1) is 0 Å². The zero-order valence-electron chi connectivity index (χ0n) is 14.6. The zero-order chi connectivity index (χ0) is 17.6. The van der Waals surface area contributed by atoms with Crippen molar-refractivity contribution in [2.75, 3.05) is 0 Å². The second kappa shape index (κ2) is 5.88. The number of hydrogen-bond acceptors (Lipinski definition) is 4. The summed E-state index contributed by atoms with van der Waals surface area (Å²) in [6.07, 6.45) is -0.645. The fourth-order valence-corrected chi connectivity index (χ4v) is 3.74. The normalized spacial score (nSPS) is 27.3. The maximum atomic E-state index is 11.9. The predicted molar refractivity (Wildman–Crippen MR) is 93.1 cm³/mol. The summed E-state index contributed by atoms with van der Waals surface area (Å²) in [7, 11) is 0. The van der Waals surface area contributed by atoms with E-state index in [-0.39, 0.29) is 29.3 Å². The molecule has 0 bridgehead atoms. The first kappa shape index (κ1) is 16.2. The van der Waals surface area contributed by atoms with Crippen LogP contribution in [0.25, 0.3) is 0 Å². The van der Waals surface area contributed by atoms with Gasteiger partial charge in [-0.1, -0.05) is 44.2 Å². The summed E-state index contributed by atoms with van der Waals surface area (Å²) in [5.41, 5.74) is 0.976. The largest absolute Gasteiger partial charge is 0.457 e. The molecule has 0 N–H and O–H groups in total. The van der Waals surface area contributed by atoms with Crippen molar-refractivity contribution in [2.45, 2.75) is 33.2 Å². The Kier molecular flexibility index (Phi) is 3.80. The van der Waals surface area contributed by atoms with Gasteiger partial charge in [0.2, 0.25) is 6.29 Å². The van der Waals surface area contributed by atoms with E-state index >= 15 is 0 Å². The Labute approximate surface area is 147 Å². The van der Waals surface area contributed by atoms with Crippen LogP contribution >= 0.6 is 0 Å². The van der Waals surface area contributed by atoms with Gasteiger partial charge in [0.15, 0.2) is 0 Å². The van der Waals surface area contributed by atoms with E-state index in [2.05, 4.69) is 13.8 Å². The Bertz CT molecular complexity index is 783. The lowest BCUT2D eigenvalue weighted by atomic mass is 10.1. The molecule has 0 unspecified atom stereocenters. The minimum Gasteiger partial charge on any atom is -0.457 e. The van der Waals surface area contributed by atoms with Crippen molar-refractivity contribution in [3.8, 4) is 11.5 Å². The van der Waals surface area contributed by atoms with Gasteiger partial charge in [-0.2, -0.15) is 0 Å². The van der Waals surface area contributed by atoms with E-state index in [4.69, 9.17) is 14.2 Å². The number of rotatable bonds is 5. The van der Waals surface area contributed by atoms with Crippen molar-refractivity contribution in [1.82, 2.24) is 0 Å². The molecule has 0 aromatic heterocycles. The Balaban J connectivity index is 1.45. The van der Waals surface area contributed by atoms with Gasteiger partial charge in [-0.3, -0.25) is 4.79 Å². The van der Waals surface area contributed by atoms with Crippen LogP contribution in [0.2, 0.25) is 0 Å². The Morgan fingerprint density at radius 3 is 2.44 bits per heavy atom. The first-order valence-corrected chi connectivity index (χ1v) is 8.65. The molecule has 25 heavy (non-hydrogen) atoms. The molecule has 2 aromatic carbocycles. The molecule has 1 aliphatic carbocycles. The maximum absolute atomic E-state index is 11.9. The molecule has 2 fully saturated rings. The Hall–Kier alpha value is -2.33. The molecule has 1 heterocycles. The number of hydrogen-bond donors (Lipinski definition) is 0. The lowest BCUT2D eigenvalue weighted by Crippen LogP contribution is -2.24. The molecular weight excluding hydrogens is 316 g/mol. The van der Waals surface area contributed by atoms with Crippen LogP contribution in [0.4, 0.5) is 0 Å².